The van der Waals surface area contributed by atoms with E-state index in [-0.39, 0.29) is 0 Å². The fourth-order valence-electron chi connectivity index (χ4n) is 3.23. The molecule has 0 spiro atoms. The lowest BCUT2D eigenvalue weighted by Gasteiger charge is -1.97. The van der Waals surface area contributed by atoms with Crippen molar-refractivity contribution in [2.75, 3.05) is 0 Å². The van der Waals surface area contributed by atoms with Crippen LogP contribution in [0.4, 0.5) is 0 Å². The van der Waals surface area contributed by atoms with Gasteiger partial charge in [-0.3, -0.25) is 0 Å². The van der Waals surface area contributed by atoms with Gasteiger partial charge in [-0.05, 0) is 11.6 Å². The second-order valence-electron chi connectivity index (χ2n) is 6.31. The van der Waals surface area contributed by atoms with Crippen molar-refractivity contribution in [1.82, 2.24) is 19.8 Å². The molecule has 27 heavy (non-hydrogen) atoms. The molecule has 4 nitrogen and oxygen atoms in total. The molecule has 5 rings (SSSR count). The summed E-state index contributed by atoms with van der Waals surface area (Å²) >= 11 is 0. The van der Waals surface area contributed by atoms with Crippen molar-refractivity contribution in [1.29, 1.82) is 0 Å². The Morgan fingerprint density at radius 2 is 1.22 bits per heavy atom. The van der Waals surface area contributed by atoms with Crippen molar-refractivity contribution < 1.29 is 0 Å². The molecule has 3 aromatic carbocycles. The highest BCUT2D eigenvalue weighted by Gasteiger charge is 2.16. The predicted octanol–water partition coefficient (Wildman–Crippen LogP) is 4.01. The minimum atomic E-state index is 0.746. The molecule has 0 radical (unpaired) electrons. The Labute approximate surface area is 156 Å². The van der Waals surface area contributed by atoms with Crippen molar-refractivity contribution in [2.45, 2.75) is 0 Å². The lowest BCUT2D eigenvalue weighted by atomic mass is 10.1. The first-order valence-electron chi connectivity index (χ1n) is 8.83. The molecule has 0 aliphatic rings. The summed E-state index contributed by atoms with van der Waals surface area (Å²) in [5, 5.41) is 14.7. The number of fused-ring (bicyclic) bond motifs is 1. The Bertz CT molecular complexity index is 1240. The molecule has 4 heteroatoms. The molecule has 5 aromatic rings. The maximum atomic E-state index is 4.88. The summed E-state index contributed by atoms with van der Waals surface area (Å²) in [6.07, 6.45) is 2.12. The summed E-state index contributed by atoms with van der Waals surface area (Å²) < 4.78 is 1.84. The van der Waals surface area contributed by atoms with E-state index in [2.05, 4.69) is 40.5 Å². The van der Waals surface area contributed by atoms with Gasteiger partial charge in [-0.25, -0.2) is 0 Å². The lowest BCUT2D eigenvalue weighted by Crippen LogP contribution is -2.03. The van der Waals surface area contributed by atoms with Gasteiger partial charge in [-0.1, -0.05) is 91.0 Å². The van der Waals surface area contributed by atoms with Crippen LogP contribution >= 0.6 is 0 Å². The minimum Gasteiger partial charge on any atom is -0.191 e. The maximum absolute atomic E-state index is 4.88. The SMILES string of the molecule is C(c1ccccc1)=c1c(-c2ccccc2)nn2c(-c3ccccc3)nnc12. The van der Waals surface area contributed by atoms with E-state index < -0.39 is 0 Å². The zero-order valence-electron chi connectivity index (χ0n) is 14.5. The van der Waals surface area contributed by atoms with E-state index in [9.17, 15) is 0 Å². The van der Waals surface area contributed by atoms with E-state index >= 15 is 0 Å². The number of hydrogen-bond donors (Lipinski definition) is 0. The Balaban J connectivity index is 1.81. The minimum absolute atomic E-state index is 0.746. The maximum Gasteiger partial charge on any atom is 0.187 e. The number of aromatic nitrogens is 4. The molecule has 2 aromatic heterocycles. The van der Waals surface area contributed by atoms with Gasteiger partial charge in [0.25, 0.3) is 0 Å². The Hall–Kier alpha value is -3.79. The van der Waals surface area contributed by atoms with Gasteiger partial charge in [-0.15, -0.1) is 10.2 Å². The molecule has 0 atom stereocenters. The van der Waals surface area contributed by atoms with Crippen LogP contribution in [0.3, 0.4) is 0 Å². The standard InChI is InChI=1S/C23H16N4/c1-4-10-17(11-5-1)16-20-21(18-12-6-2-7-13-18)26-27-22(24-25-23(20)27)19-14-8-3-9-15-19/h1-16H. The highest BCUT2D eigenvalue weighted by molar-refractivity contribution is 5.72. The van der Waals surface area contributed by atoms with Crippen LogP contribution in [-0.4, -0.2) is 19.8 Å². The highest BCUT2D eigenvalue weighted by Crippen LogP contribution is 2.20. The zero-order chi connectivity index (χ0) is 18.1. The molecule has 0 bridgehead atoms. The average Bonchev–Trinajstić information content (AvgIpc) is 3.30. The second-order valence-corrected chi connectivity index (χ2v) is 6.31. The summed E-state index contributed by atoms with van der Waals surface area (Å²) in [5.41, 5.74) is 4.82. The van der Waals surface area contributed by atoms with Gasteiger partial charge in [0.1, 0.15) is 5.69 Å². The van der Waals surface area contributed by atoms with Crippen LogP contribution in [0.25, 0.3) is 34.4 Å². The van der Waals surface area contributed by atoms with E-state index in [0.717, 1.165) is 39.1 Å². The number of benzene rings is 3. The molecule has 0 amide bonds. The van der Waals surface area contributed by atoms with Crippen LogP contribution < -0.4 is 5.22 Å². The van der Waals surface area contributed by atoms with Crippen molar-refractivity contribution in [3.63, 3.8) is 0 Å². The Morgan fingerprint density at radius 1 is 0.630 bits per heavy atom. The molecular weight excluding hydrogens is 332 g/mol. The van der Waals surface area contributed by atoms with Gasteiger partial charge in [0.15, 0.2) is 11.5 Å². The number of rotatable bonds is 3. The molecule has 0 N–H and O–H groups in total. The molecule has 0 aliphatic heterocycles. The first kappa shape index (κ1) is 15.5. The zero-order valence-corrected chi connectivity index (χ0v) is 14.5. The normalized spacial score (nSPS) is 11.9. The molecule has 128 valence electrons. The molecule has 0 fully saturated rings. The van der Waals surface area contributed by atoms with Gasteiger partial charge in [-0.2, -0.15) is 9.61 Å². The Morgan fingerprint density at radius 3 is 1.89 bits per heavy atom. The number of hydrogen-bond acceptors (Lipinski definition) is 3. The first-order valence-corrected chi connectivity index (χ1v) is 8.83. The predicted molar refractivity (Wildman–Crippen MR) is 107 cm³/mol. The van der Waals surface area contributed by atoms with Gasteiger partial charge in [0.05, 0.1) is 0 Å². The lowest BCUT2D eigenvalue weighted by molar-refractivity contribution is 0.970. The molecule has 0 saturated heterocycles. The van der Waals surface area contributed by atoms with Crippen LogP contribution in [0.1, 0.15) is 5.56 Å². The third-order valence-electron chi connectivity index (χ3n) is 4.53. The first-order chi connectivity index (χ1) is 13.4. The van der Waals surface area contributed by atoms with Crippen LogP contribution in [0.2, 0.25) is 0 Å². The summed E-state index contributed by atoms with van der Waals surface area (Å²) in [6.45, 7) is 0. The van der Waals surface area contributed by atoms with E-state index in [1.54, 1.807) is 0 Å². The van der Waals surface area contributed by atoms with Crippen LogP contribution in [0.15, 0.2) is 91.0 Å². The highest BCUT2D eigenvalue weighted by atomic mass is 15.4. The molecule has 0 saturated carbocycles. The van der Waals surface area contributed by atoms with Crippen molar-refractivity contribution in [3.05, 3.63) is 102 Å². The molecule has 0 unspecified atom stereocenters. The summed E-state index contributed by atoms with van der Waals surface area (Å²) in [7, 11) is 0. The van der Waals surface area contributed by atoms with Gasteiger partial charge >= 0.3 is 0 Å². The number of nitrogens with zero attached hydrogens (tertiary/aromatic N) is 4. The summed E-state index contributed by atoms with van der Waals surface area (Å²) in [6, 6.07) is 30.4. The third kappa shape index (κ3) is 2.77. The van der Waals surface area contributed by atoms with Crippen LogP contribution in [0, 0.1) is 0 Å². The molecule has 0 aliphatic carbocycles. The fourth-order valence-corrected chi connectivity index (χ4v) is 3.23. The van der Waals surface area contributed by atoms with E-state index in [0.29, 0.717) is 0 Å². The second kappa shape index (κ2) is 6.50. The average molecular weight is 348 g/mol. The smallest absolute Gasteiger partial charge is 0.187 e. The molecular formula is C23H16N4. The monoisotopic (exact) mass is 348 g/mol. The van der Waals surface area contributed by atoms with Crippen LogP contribution in [-0.2, 0) is 0 Å². The quantitative estimate of drug-likeness (QED) is 0.495. The topological polar surface area (TPSA) is 43.1 Å². The van der Waals surface area contributed by atoms with E-state index in [1.807, 2.05) is 71.2 Å². The molecule has 2 heterocycles. The van der Waals surface area contributed by atoms with Crippen LogP contribution in [0.5, 0.6) is 0 Å². The Kier molecular flexibility index (Phi) is 3.72. The summed E-state index contributed by atoms with van der Waals surface area (Å²) in [5.74, 6) is 0.746. The largest absolute Gasteiger partial charge is 0.191 e. The van der Waals surface area contributed by atoms with E-state index in [4.69, 9.17) is 5.10 Å². The van der Waals surface area contributed by atoms with Crippen molar-refractivity contribution >= 4 is 11.7 Å². The fraction of sp³-hybridized carbons (Fsp3) is 0. The summed E-state index contributed by atoms with van der Waals surface area (Å²) in [4.78, 5) is 0. The van der Waals surface area contributed by atoms with Gasteiger partial charge < -0.3 is 0 Å². The van der Waals surface area contributed by atoms with Gasteiger partial charge in [0.2, 0.25) is 0 Å². The van der Waals surface area contributed by atoms with Crippen molar-refractivity contribution in [3.8, 4) is 22.6 Å². The van der Waals surface area contributed by atoms with Gasteiger partial charge in [0, 0.05) is 16.3 Å². The van der Waals surface area contributed by atoms with Crippen molar-refractivity contribution in [2.24, 2.45) is 0 Å². The third-order valence-corrected chi connectivity index (χ3v) is 4.53. The van der Waals surface area contributed by atoms with E-state index in [1.165, 1.54) is 0 Å².